The fourth-order valence-electron chi connectivity index (χ4n) is 3.28. The van der Waals surface area contributed by atoms with Gasteiger partial charge in [-0.2, -0.15) is 0 Å². The minimum atomic E-state index is 0.0278. The summed E-state index contributed by atoms with van der Waals surface area (Å²) in [5.41, 5.74) is 10.2. The first-order valence-electron chi connectivity index (χ1n) is 6.15. The van der Waals surface area contributed by atoms with Gasteiger partial charge in [0.25, 0.3) is 0 Å². The number of hydrogen-bond donors (Lipinski definition) is 1. The van der Waals surface area contributed by atoms with E-state index in [2.05, 4.69) is 36.2 Å². The zero-order chi connectivity index (χ0) is 12.8. The van der Waals surface area contributed by atoms with Crippen molar-refractivity contribution in [1.29, 1.82) is 0 Å². The van der Waals surface area contributed by atoms with Gasteiger partial charge in [0.05, 0.1) is 5.41 Å². The standard InChI is InChI=1S/C14H17N3S/c1-13(2)7-14(8-13,12-17-16-9-18-12)10-4-3-5-11(15)6-10/h3-6,9H,7-8,15H2,1-2H3. The van der Waals surface area contributed by atoms with Gasteiger partial charge in [-0.15, -0.1) is 21.5 Å². The molecular weight excluding hydrogens is 242 g/mol. The molecule has 0 saturated heterocycles. The van der Waals surface area contributed by atoms with Crippen molar-refractivity contribution in [2.45, 2.75) is 32.1 Å². The highest BCUT2D eigenvalue weighted by atomic mass is 32.1. The molecule has 0 bridgehead atoms. The van der Waals surface area contributed by atoms with Gasteiger partial charge in [-0.05, 0) is 36.0 Å². The van der Waals surface area contributed by atoms with Gasteiger partial charge < -0.3 is 5.73 Å². The van der Waals surface area contributed by atoms with E-state index in [0.29, 0.717) is 5.41 Å². The number of nitrogens with zero attached hydrogens (tertiary/aromatic N) is 2. The van der Waals surface area contributed by atoms with E-state index >= 15 is 0 Å². The number of benzene rings is 1. The molecule has 1 aromatic heterocycles. The van der Waals surface area contributed by atoms with E-state index < -0.39 is 0 Å². The van der Waals surface area contributed by atoms with Gasteiger partial charge in [-0.25, -0.2) is 0 Å². The number of nitrogen functional groups attached to an aromatic ring is 1. The van der Waals surface area contributed by atoms with Crippen LogP contribution in [0, 0.1) is 5.41 Å². The third-order valence-electron chi connectivity index (χ3n) is 3.77. The van der Waals surface area contributed by atoms with Crippen LogP contribution in [0.4, 0.5) is 5.69 Å². The molecule has 2 aromatic rings. The van der Waals surface area contributed by atoms with Crippen molar-refractivity contribution >= 4 is 17.0 Å². The van der Waals surface area contributed by atoms with E-state index in [1.165, 1.54) is 5.56 Å². The molecule has 0 amide bonds. The van der Waals surface area contributed by atoms with Gasteiger partial charge in [0.1, 0.15) is 10.5 Å². The van der Waals surface area contributed by atoms with Crippen LogP contribution in [0.25, 0.3) is 0 Å². The number of rotatable bonds is 2. The summed E-state index contributed by atoms with van der Waals surface area (Å²) >= 11 is 1.64. The molecule has 0 aliphatic heterocycles. The van der Waals surface area contributed by atoms with Gasteiger partial charge >= 0.3 is 0 Å². The van der Waals surface area contributed by atoms with Crippen LogP contribution >= 0.6 is 11.3 Å². The summed E-state index contributed by atoms with van der Waals surface area (Å²) in [6.45, 7) is 4.61. The molecule has 1 aromatic carbocycles. The molecule has 3 rings (SSSR count). The van der Waals surface area contributed by atoms with Gasteiger partial charge in [-0.3, -0.25) is 0 Å². The summed E-state index contributed by atoms with van der Waals surface area (Å²) in [4.78, 5) is 0. The summed E-state index contributed by atoms with van der Waals surface area (Å²) in [6.07, 6.45) is 2.22. The molecule has 1 saturated carbocycles. The van der Waals surface area contributed by atoms with E-state index in [1.807, 2.05) is 17.6 Å². The normalized spacial score (nSPS) is 20.3. The molecule has 4 heteroatoms. The summed E-state index contributed by atoms with van der Waals surface area (Å²) in [5.74, 6) is 0. The summed E-state index contributed by atoms with van der Waals surface area (Å²) < 4.78 is 0. The lowest BCUT2D eigenvalue weighted by Crippen LogP contribution is -2.47. The molecule has 0 radical (unpaired) electrons. The van der Waals surface area contributed by atoms with Crippen molar-refractivity contribution in [2.24, 2.45) is 5.41 Å². The first-order chi connectivity index (χ1) is 8.52. The Kier molecular flexibility index (Phi) is 2.45. The smallest absolute Gasteiger partial charge is 0.127 e. The first-order valence-corrected chi connectivity index (χ1v) is 7.03. The summed E-state index contributed by atoms with van der Waals surface area (Å²) in [6, 6.07) is 8.20. The third kappa shape index (κ3) is 1.72. The van der Waals surface area contributed by atoms with Gasteiger partial charge in [0.15, 0.2) is 0 Å². The van der Waals surface area contributed by atoms with Gasteiger partial charge in [-0.1, -0.05) is 26.0 Å². The Morgan fingerprint density at radius 2 is 2.06 bits per heavy atom. The van der Waals surface area contributed by atoms with Crippen molar-refractivity contribution in [1.82, 2.24) is 10.2 Å². The van der Waals surface area contributed by atoms with Crippen molar-refractivity contribution in [3.8, 4) is 0 Å². The Bertz CT molecular complexity index is 552. The quantitative estimate of drug-likeness (QED) is 0.842. The van der Waals surface area contributed by atoms with Crippen LogP contribution in [0.5, 0.6) is 0 Å². The van der Waals surface area contributed by atoms with E-state index in [0.717, 1.165) is 23.5 Å². The van der Waals surface area contributed by atoms with Gasteiger partial charge in [0, 0.05) is 5.69 Å². The van der Waals surface area contributed by atoms with Crippen LogP contribution in [-0.2, 0) is 5.41 Å². The average molecular weight is 259 g/mol. The van der Waals surface area contributed by atoms with E-state index in [1.54, 1.807) is 11.3 Å². The van der Waals surface area contributed by atoms with Crippen LogP contribution in [0.1, 0.15) is 37.3 Å². The fourth-order valence-corrected chi connectivity index (χ4v) is 4.06. The molecule has 0 spiro atoms. The maximum atomic E-state index is 5.92. The summed E-state index contributed by atoms with van der Waals surface area (Å²) in [7, 11) is 0. The van der Waals surface area contributed by atoms with Gasteiger partial charge in [0.2, 0.25) is 0 Å². The molecule has 0 atom stereocenters. The molecule has 1 fully saturated rings. The molecular formula is C14H17N3S. The topological polar surface area (TPSA) is 51.8 Å². The van der Waals surface area contributed by atoms with E-state index in [-0.39, 0.29) is 5.41 Å². The predicted octanol–water partition coefficient (Wildman–Crippen LogP) is 3.23. The zero-order valence-electron chi connectivity index (χ0n) is 10.7. The zero-order valence-corrected chi connectivity index (χ0v) is 11.5. The number of anilines is 1. The SMILES string of the molecule is CC1(C)CC(c2cccc(N)c2)(c2nncs2)C1. The van der Waals surface area contributed by atoms with E-state index in [9.17, 15) is 0 Å². The molecule has 94 valence electrons. The molecule has 1 aliphatic carbocycles. The van der Waals surface area contributed by atoms with Crippen LogP contribution in [0.3, 0.4) is 0 Å². The second-order valence-electron chi connectivity index (χ2n) is 5.97. The van der Waals surface area contributed by atoms with Crippen molar-refractivity contribution in [3.63, 3.8) is 0 Å². The second-order valence-corrected chi connectivity index (χ2v) is 6.80. The lowest BCUT2D eigenvalue weighted by Gasteiger charge is -2.52. The molecule has 0 unspecified atom stereocenters. The molecule has 2 N–H and O–H groups in total. The highest BCUT2D eigenvalue weighted by Gasteiger charge is 2.53. The second kappa shape index (κ2) is 3.79. The lowest BCUT2D eigenvalue weighted by atomic mass is 9.52. The average Bonchev–Trinajstić information content (AvgIpc) is 2.78. The Morgan fingerprint density at radius 1 is 1.28 bits per heavy atom. The maximum absolute atomic E-state index is 5.92. The lowest BCUT2D eigenvalue weighted by molar-refractivity contribution is 0.0875. The van der Waals surface area contributed by atoms with Crippen molar-refractivity contribution < 1.29 is 0 Å². The third-order valence-corrected chi connectivity index (χ3v) is 4.66. The Labute approximate surface area is 111 Å². The molecule has 18 heavy (non-hydrogen) atoms. The maximum Gasteiger partial charge on any atom is 0.127 e. The van der Waals surface area contributed by atoms with Crippen LogP contribution in [-0.4, -0.2) is 10.2 Å². The Morgan fingerprint density at radius 3 is 2.61 bits per heavy atom. The highest BCUT2D eigenvalue weighted by Crippen LogP contribution is 2.59. The minimum absolute atomic E-state index is 0.0278. The van der Waals surface area contributed by atoms with E-state index in [4.69, 9.17) is 5.73 Å². The highest BCUT2D eigenvalue weighted by molar-refractivity contribution is 7.09. The molecule has 1 aliphatic rings. The largest absolute Gasteiger partial charge is 0.399 e. The van der Waals surface area contributed by atoms with Crippen molar-refractivity contribution in [3.05, 3.63) is 40.3 Å². The number of nitrogens with two attached hydrogens (primary N) is 1. The van der Waals surface area contributed by atoms with Crippen molar-refractivity contribution in [2.75, 3.05) is 5.73 Å². The van der Waals surface area contributed by atoms with Crippen LogP contribution < -0.4 is 5.73 Å². The first kappa shape index (κ1) is 11.7. The molecule has 3 nitrogen and oxygen atoms in total. The van der Waals surface area contributed by atoms with Crippen LogP contribution in [0.15, 0.2) is 29.8 Å². The Balaban J connectivity index is 2.08. The van der Waals surface area contributed by atoms with Crippen LogP contribution in [0.2, 0.25) is 0 Å². The monoisotopic (exact) mass is 259 g/mol. The fraction of sp³-hybridized carbons (Fsp3) is 0.429. The Hall–Kier alpha value is -1.42. The number of aromatic nitrogens is 2. The summed E-state index contributed by atoms with van der Waals surface area (Å²) in [5, 5.41) is 9.43. The predicted molar refractivity (Wildman–Crippen MR) is 74.6 cm³/mol. The minimum Gasteiger partial charge on any atom is -0.399 e. The number of hydrogen-bond acceptors (Lipinski definition) is 4. The molecule has 1 heterocycles.